The Balaban J connectivity index is 0.00000363. The van der Waals surface area contributed by atoms with Crippen LogP contribution in [-0.2, 0) is 17.9 Å². The van der Waals surface area contributed by atoms with Crippen LogP contribution >= 0.6 is 24.0 Å². The van der Waals surface area contributed by atoms with Gasteiger partial charge in [-0.1, -0.05) is 18.2 Å². The normalized spacial score (nSPS) is 13.1. The lowest BCUT2D eigenvalue weighted by atomic mass is 10.1. The number of ether oxygens (including phenoxy) is 2. The number of carbonyl (C=O) groups is 1. The molecule has 174 valence electrons. The summed E-state index contributed by atoms with van der Waals surface area (Å²) in [4.78, 5) is 15.8. The number of hydrogen-bond acceptors (Lipinski definition) is 4. The van der Waals surface area contributed by atoms with Crippen LogP contribution in [0.15, 0.2) is 41.4 Å². The van der Waals surface area contributed by atoms with Gasteiger partial charge in [0, 0.05) is 32.6 Å². The maximum atomic E-state index is 11.4. The number of guanidine groups is 1. The van der Waals surface area contributed by atoms with E-state index in [4.69, 9.17) is 9.47 Å². The van der Waals surface area contributed by atoms with Crippen LogP contribution in [0.1, 0.15) is 36.5 Å². The van der Waals surface area contributed by atoms with Crippen LogP contribution in [-0.4, -0.2) is 32.6 Å². The van der Waals surface area contributed by atoms with Gasteiger partial charge in [-0.3, -0.25) is 9.79 Å². The van der Waals surface area contributed by atoms with Crippen molar-refractivity contribution in [1.29, 1.82) is 0 Å². The number of aliphatic imine (C=N–C) groups is 1. The Bertz CT molecular complexity index is 945. The first-order valence-corrected chi connectivity index (χ1v) is 10.6. The summed E-state index contributed by atoms with van der Waals surface area (Å²) >= 11 is 0. The van der Waals surface area contributed by atoms with Crippen LogP contribution in [0.25, 0.3) is 0 Å². The van der Waals surface area contributed by atoms with Crippen LogP contribution in [0.2, 0.25) is 0 Å². The Labute approximate surface area is 207 Å². The van der Waals surface area contributed by atoms with Crippen molar-refractivity contribution in [3.63, 3.8) is 0 Å². The summed E-state index contributed by atoms with van der Waals surface area (Å²) in [5.74, 6) is 2.82. The van der Waals surface area contributed by atoms with Crippen molar-refractivity contribution in [2.45, 2.75) is 39.8 Å². The van der Waals surface area contributed by atoms with E-state index in [1.807, 2.05) is 18.2 Å². The molecule has 3 N–H and O–H groups in total. The van der Waals surface area contributed by atoms with Gasteiger partial charge in [-0.2, -0.15) is 0 Å². The molecule has 0 aromatic heterocycles. The summed E-state index contributed by atoms with van der Waals surface area (Å²) in [6.07, 6.45) is 2.54. The van der Waals surface area contributed by atoms with Crippen molar-refractivity contribution in [1.82, 2.24) is 10.6 Å². The molecule has 1 fully saturated rings. The number of nitrogens with zero attached hydrogens (tertiary/aromatic N) is 1. The summed E-state index contributed by atoms with van der Waals surface area (Å²) in [5, 5.41) is 9.46. The van der Waals surface area contributed by atoms with E-state index < -0.39 is 0 Å². The van der Waals surface area contributed by atoms with Crippen molar-refractivity contribution in [3.8, 4) is 11.5 Å². The molecule has 8 heteroatoms. The van der Waals surface area contributed by atoms with E-state index in [-0.39, 0.29) is 29.9 Å². The van der Waals surface area contributed by atoms with Gasteiger partial charge >= 0.3 is 0 Å². The molecular weight excluding hydrogens is 519 g/mol. The maximum Gasteiger partial charge on any atom is 0.221 e. The lowest BCUT2D eigenvalue weighted by Gasteiger charge is -2.16. The van der Waals surface area contributed by atoms with E-state index in [1.165, 1.54) is 25.3 Å². The van der Waals surface area contributed by atoms with Crippen molar-refractivity contribution in [2.24, 2.45) is 10.9 Å². The zero-order valence-electron chi connectivity index (χ0n) is 19.2. The average Bonchev–Trinajstić information content (AvgIpc) is 3.57. The van der Waals surface area contributed by atoms with E-state index in [9.17, 15) is 4.79 Å². The number of benzene rings is 2. The summed E-state index contributed by atoms with van der Waals surface area (Å²) in [6, 6.07) is 12.0. The number of rotatable bonds is 9. The highest BCUT2D eigenvalue weighted by Crippen LogP contribution is 2.30. The van der Waals surface area contributed by atoms with Crippen LogP contribution in [0.5, 0.6) is 11.5 Å². The van der Waals surface area contributed by atoms with Gasteiger partial charge in [0.25, 0.3) is 0 Å². The van der Waals surface area contributed by atoms with Crippen molar-refractivity contribution in [2.75, 3.05) is 26.1 Å². The molecule has 3 rings (SSSR count). The highest BCUT2D eigenvalue weighted by molar-refractivity contribution is 14.0. The van der Waals surface area contributed by atoms with Crippen LogP contribution in [0.4, 0.5) is 5.69 Å². The van der Waals surface area contributed by atoms with Gasteiger partial charge in [0.1, 0.15) is 11.5 Å². The Morgan fingerprint density at radius 1 is 1.09 bits per heavy atom. The molecule has 0 radical (unpaired) electrons. The Morgan fingerprint density at radius 3 is 2.50 bits per heavy atom. The van der Waals surface area contributed by atoms with E-state index in [0.717, 1.165) is 23.5 Å². The number of anilines is 1. The molecule has 32 heavy (non-hydrogen) atoms. The average molecular weight is 552 g/mol. The second kappa shape index (κ2) is 12.5. The standard InChI is InChI=1S/C24H32N4O3.HI/c1-16-5-9-20(23(11-16)31-15-18-6-7-18)14-27-24(25-3)26-13-19-8-10-22(30-4)21(12-19)28-17(2)29;/h5,8-12,18H,6-7,13-15H2,1-4H3,(H,28,29)(H2,25,26,27);1H. The Kier molecular flexibility index (Phi) is 10.1. The monoisotopic (exact) mass is 552 g/mol. The first-order valence-electron chi connectivity index (χ1n) is 10.6. The molecule has 0 bridgehead atoms. The second-order valence-electron chi connectivity index (χ2n) is 7.86. The van der Waals surface area contributed by atoms with Gasteiger partial charge in [-0.05, 0) is 55.0 Å². The van der Waals surface area contributed by atoms with E-state index in [2.05, 4.69) is 46.1 Å². The Hall–Kier alpha value is -2.49. The Morgan fingerprint density at radius 2 is 1.84 bits per heavy atom. The third kappa shape index (κ3) is 7.89. The smallest absolute Gasteiger partial charge is 0.221 e. The van der Waals surface area contributed by atoms with E-state index in [1.54, 1.807) is 14.2 Å². The minimum atomic E-state index is -0.140. The molecule has 7 nitrogen and oxygen atoms in total. The number of halogens is 1. The van der Waals surface area contributed by atoms with Gasteiger partial charge < -0.3 is 25.4 Å². The molecule has 2 aromatic rings. The fraction of sp³-hybridized carbons (Fsp3) is 0.417. The maximum absolute atomic E-state index is 11.4. The number of aryl methyl sites for hydroxylation is 1. The third-order valence-corrected chi connectivity index (χ3v) is 5.10. The topological polar surface area (TPSA) is 84.0 Å². The molecular formula is C24H33IN4O3. The fourth-order valence-corrected chi connectivity index (χ4v) is 3.17. The zero-order chi connectivity index (χ0) is 22.2. The first kappa shape index (κ1) is 25.8. The van der Waals surface area contributed by atoms with Gasteiger partial charge in [-0.15, -0.1) is 24.0 Å². The van der Waals surface area contributed by atoms with Crippen molar-refractivity contribution in [3.05, 3.63) is 53.1 Å². The fourth-order valence-electron chi connectivity index (χ4n) is 3.17. The molecule has 0 aliphatic heterocycles. The molecule has 0 atom stereocenters. The zero-order valence-corrected chi connectivity index (χ0v) is 21.5. The number of hydrogen-bond donors (Lipinski definition) is 3. The summed E-state index contributed by atoms with van der Waals surface area (Å²) in [5.41, 5.74) is 3.93. The molecule has 0 heterocycles. The van der Waals surface area contributed by atoms with Gasteiger partial charge in [0.05, 0.1) is 19.4 Å². The number of amides is 1. The van der Waals surface area contributed by atoms with E-state index in [0.29, 0.717) is 36.4 Å². The van der Waals surface area contributed by atoms with Crippen LogP contribution in [0, 0.1) is 12.8 Å². The largest absolute Gasteiger partial charge is 0.495 e. The molecule has 0 spiro atoms. The molecule has 1 aliphatic rings. The molecule has 2 aromatic carbocycles. The summed E-state index contributed by atoms with van der Waals surface area (Å²) < 4.78 is 11.4. The highest BCUT2D eigenvalue weighted by Gasteiger charge is 2.22. The van der Waals surface area contributed by atoms with E-state index >= 15 is 0 Å². The van der Waals surface area contributed by atoms with Crippen molar-refractivity contribution >= 4 is 41.5 Å². The highest BCUT2D eigenvalue weighted by atomic mass is 127. The van der Waals surface area contributed by atoms with Crippen molar-refractivity contribution < 1.29 is 14.3 Å². The molecule has 1 aliphatic carbocycles. The van der Waals surface area contributed by atoms with Crippen LogP contribution in [0.3, 0.4) is 0 Å². The summed E-state index contributed by atoms with van der Waals surface area (Å²) in [7, 11) is 3.32. The lowest BCUT2D eigenvalue weighted by Crippen LogP contribution is -2.36. The number of carbonyl (C=O) groups excluding carboxylic acids is 1. The van der Waals surface area contributed by atoms with Gasteiger partial charge in [-0.25, -0.2) is 0 Å². The predicted molar refractivity (Wildman–Crippen MR) is 139 cm³/mol. The van der Waals surface area contributed by atoms with Gasteiger partial charge in [0.2, 0.25) is 5.91 Å². The third-order valence-electron chi connectivity index (χ3n) is 5.10. The summed E-state index contributed by atoms with van der Waals surface area (Å²) in [6.45, 7) is 5.50. The quantitative estimate of drug-likeness (QED) is 0.247. The minimum absolute atomic E-state index is 0. The second-order valence-corrected chi connectivity index (χ2v) is 7.86. The predicted octanol–water partition coefficient (Wildman–Crippen LogP) is 4.23. The molecule has 1 amide bonds. The van der Waals surface area contributed by atoms with Gasteiger partial charge in [0.15, 0.2) is 5.96 Å². The molecule has 0 saturated heterocycles. The SMILES string of the molecule is CN=C(NCc1ccc(OC)c(NC(C)=O)c1)NCc1ccc(C)cc1OCC1CC1.I. The molecule has 1 saturated carbocycles. The number of nitrogens with one attached hydrogen (secondary N) is 3. The lowest BCUT2D eigenvalue weighted by molar-refractivity contribution is -0.114. The number of methoxy groups -OCH3 is 1. The first-order chi connectivity index (χ1) is 15.0. The molecule has 0 unspecified atom stereocenters. The van der Waals surface area contributed by atoms with Crippen LogP contribution < -0.4 is 25.4 Å². The minimum Gasteiger partial charge on any atom is -0.495 e.